The second-order valence-electron chi connectivity index (χ2n) is 6.80. The van der Waals surface area contributed by atoms with E-state index >= 15 is 0 Å². The summed E-state index contributed by atoms with van der Waals surface area (Å²) in [6.45, 7) is 5.01. The van der Waals surface area contributed by atoms with E-state index in [9.17, 15) is 9.90 Å². The van der Waals surface area contributed by atoms with Crippen LogP contribution in [-0.4, -0.2) is 58.3 Å². The molecule has 0 bridgehead atoms. The zero-order valence-corrected chi connectivity index (χ0v) is 14.9. The van der Waals surface area contributed by atoms with Crippen molar-refractivity contribution in [3.05, 3.63) is 41.4 Å². The van der Waals surface area contributed by atoms with E-state index in [1.54, 1.807) is 32.0 Å². The summed E-state index contributed by atoms with van der Waals surface area (Å²) in [5.41, 5.74) is 0.0719. The molecule has 1 atom stereocenters. The van der Waals surface area contributed by atoms with Crippen molar-refractivity contribution in [2.45, 2.75) is 32.3 Å². The topological polar surface area (TPSA) is 82.7 Å². The molecule has 1 N–H and O–H groups in total. The van der Waals surface area contributed by atoms with E-state index in [2.05, 4.69) is 15.0 Å². The first-order chi connectivity index (χ1) is 11.9. The summed E-state index contributed by atoms with van der Waals surface area (Å²) < 4.78 is 5.08. The third-order valence-corrected chi connectivity index (χ3v) is 4.65. The van der Waals surface area contributed by atoms with E-state index in [0.29, 0.717) is 30.0 Å². The Bertz CT molecular complexity index is 727. The Kier molecular flexibility index (Phi) is 4.76. The van der Waals surface area contributed by atoms with Gasteiger partial charge in [0.1, 0.15) is 17.1 Å². The summed E-state index contributed by atoms with van der Waals surface area (Å²) in [7, 11) is 1.70. The summed E-state index contributed by atoms with van der Waals surface area (Å²) in [6, 6.07) is 5.74. The molecular weight excluding hydrogens is 320 g/mol. The molecule has 3 rings (SSSR count). The summed E-state index contributed by atoms with van der Waals surface area (Å²) in [4.78, 5) is 20.7. The molecule has 0 radical (unpaired) electrons. The molecule has 1 saturated heterocycles. The van der Waals surface area contributed by atoms with Crippen LogP contribution in [0.1, 0.15) is 34.7 Å². The third kappa shape index (κ3) is 3.66. The predicted octanol–water partition coefficient (Wildman–Crippen LogP) is 1.79. The molecule has 1 aliphatic heterocycles. The molecule has 25 heavy (non-hydrogen) atoms. The summed E-state index contributed by atoms with van der Waals surface area (Å²) in [6.07, 6.45) is 3.24. The molecule has 7 heteroatoms. The number of carbonyl (C=O) groups is 1. The van der Waals surface area contributed by atoms with Crippen LogP contribution in [0.25, 0.3) is 0 Å². The lowest BCUT2D eigenvalue weighted by Gasteiger charge is -2.41. The number of hydrogen-bond acceptors (Lipinski definition) is 6. The van der Waals surface area contributed by atoms with Gasteiger partial charge in [-0.3, -0.25) is 4.79 Å². The number of aromatic nitrogens is 2. The van der Waals surface area contributed by atoms with Crippen LogP contribution in [0.15, 0.2) is 28.9 Å². The van der Waals surface area contributed by atoms with Gasteiger partial charge in [-0.15, -0.1) is 0 Å². The number of aryl methyl sites for hydroxylation is 2. The van der Waals surface area contributed by atoms with Gasteiger partial charge in [0.05, 0.1) is 17.8 Å². The highest BCUT2D eigenvalue weighted by atomic mass is 16.5. The smallest absolute Gasteiger partial charge is 0.259 e. The highest BCUT2D eigenvalue weighted by Crippen LogP contribution is 2.26. The van der Waals surface area contributed by atoms with Gasteiger partial charge in [0, 0.05) is 26.3 Å². The van der Waals surface area contributed by atoms with Crippen molar-refractivity contribution in [3.8, 4) is 0 Å². The third-order valence-electron chi connectivity index (χ3n) is 4.65. The monoisotopic (exact) mass is 344 g/mol. The van der Waals surface area contributed by atoms with Crippen LogP contribution in [-0.2, 0) is 0 Å². The second-order valence-corrected chi connectivity index (χ2v) is 6.80. The molecule has 0 aromatic carbocycles. The highest BCUT2D eigenvalue weighted by molar-refractivity contribution is 5.96. The van der Waals surface area contributed by atoms with Crippen LogP contribution in [0.2, 0.25) is 0 Å². The number of β-amino-alcohol motifs (C(OH)–C–C–N with tert-alkyl or cyclic N) is 1. The average Bonchev–Trinajstić information content (AvgIpc) is 2.93. The molecule has 0 aliphatic carbocycles. The van der Waals surface area contributed by atoms with E-state index in [0.717, 1.165) is 18.8 Å². The van der Waals surface area contributed by atoms with Crippen LogP contribution in [0, 0.1) is 13.8 Å². The van der Waals surface area contributed by atoms with Crippen molar-refractivity contribution < 1.29 is 14.4 Å². The minimum atomic E-state index is -0.973. The maximum atomic E-state index is 12.7. The minimum Gasteiger partial charge on any atom is -0.386 e. The standard InChI is InChI=1S/C18H24N4O3/c1-13-16(14(2)25-20-13)17(23)21(3)11-18(24)8-6-10-22(12-18)15-7-4-5-9-19-15/h4-5,7,9,24H,6,8,10-12H2,1-3H3/t18-/m1/s1. The zero-order chi connectivity index (χ0) is 18.0. The van der Waals surface area contributed by atoms with Gasteiger partial charge in [-0.2, -0.15) is 0 Å². The zero-order valence-electron chi connectivity index (χ0n) is 14.9. The van der Waals surface area contributed by atoms with Crippen molar-refractivity contribution in [3.63, 3.8) is 0 Å². The fraction of sp³-hybridized carbons (Fsp3) is 0.500. The van der Waals surface area contributed by atoms with Gasteiger partial charge in [-0.1, -0.05) is 11.2 Å². The molecule has 0 saturated carbocycles. The quantitative estimate of drug-likeness (QED) is 0.910. The molecular formula is C18H24N4O3. The number of hydrogen-bond donors (Lipinski definition) is 1. The van der Waals surface area contributed by atoms with Crippen molar-refractivity contribution in [1.29, 1.82) is 0 Å². The van der Waals surface area contributed by atoms with Crippen LogP contribution < -0.4 is 4.90 Å². The van der Waals surface area contributed by atoms with Gasteiger partial charge >= 0.3 is 0 Å². The number of rotatable bonds is 4. The van der Waals surface area contributed by atoms with Gasteiger partial charge < -0.3 is 19.4 Å². The van der Waals surface area contributed by atoms with E-state index < -0.39 is 5.60 Å². The van der Waals surface area contributed by atoms with E-state index in [-0.39, 0.29) is 12.5 Å². The molecule has 1 amide bonds. The van der Waals surface area contributed by atoms with Crippen molar-refractivity contribution >= 4 is 11.7 Å². The van der Waals surface area contributed by atoms with Crippen LogP contribution in [0.5, 0.6) is 0 Å². The lowest BCUT2D eigenvalue weighted by atomic mass is 9.92. The van der Waals surface area contributed by atoms with Crippen LogP contribution in [0.4, 0.5) is 5.82 Å². The first-order valence-corrected chi connectivity index (χ1v) is 8.46. The highest BCUT2D eigenvalue weighted by Gasteiger charge is 2.36. The number of carbonyl (C=O) groups excluding carboxylic acids is 1. The van der Waals surface area contributed by atoms with E-state index in [1.807, 2.05) is 18.2 Å². The van der Waals surface area contributed by atoms with Crippen molar-refractivity contribution in [2.75, 3.05) is 31.6 Å². The number of nitrogens with zero attached hydrogens (tertiary/aromatic N) is 4. The Morgan fingerprint density at radius 3 is 2.88 bits per heavy atom. The molecule has 134 valence electrons. The number of likely N-dealkylation sites (N-methyl/N-ethyl adjacent to an activating group) is 1. The first kappa shape index (κ1) is 17.4. The molecule has 0 spiro atoms. The Labute approximate surface area is 147 Å². The molecule has 3 heterocycles. The van der Waals surface area contributed by atoms with Crippen LogP contribution in [0.3, 0.4) is 0 Å². The molecule has 0 unspecified atom stereocenters. The molecule has 7 nitrogen and oxygen atoms in total. The fourth-order valence-corrected chi connectivity index (χ4v) is 3.47. The largest absolute Gasteiger partial charge is 0.386 e. The van der Waals surface area contributed by atoms with Gasteiger partial charge in [0.2, 0.25) is 0 Å². The number of anilines is 1. The lowest BCUT2D eigenvalue weighted by Crippen LogP contribution is -2.55. The Morgan fingerprint density at radius 2 is 2.24 bits per heavy atom. The maximum absolute atomic E-state index is 12.7. The summed E-state index contributed by atoms with van der Waals surface area (Å²) >= 11 is 0. The second kappa shape index (κ2) is 6.84. The SMILES string of the molecule is Cc1noc(C)c1C(=O)N(C)C[C@]1(O)CCCN(c2ccccn2)C1. The summed E-state index contributed by atoms with van der Waals surface area (Å²) in [5.74, 6) is 1.17. The van der Waals surface area contributed by atoms with Crippen molar-refractivity contribution in [1.82, 2.24) is 15.0 Å². The Morgan fingerprint density at radius 1 is 1.44 bits per heavy atom. The normalized spacial score (nSPS) is 20.6. The molecule has 1 aliphatic rings. The first-order valence-electron chi connectivity index (χ1n) is 8.46. The van der Waals surface area contributed by atoms with E-state index in [4.69, 9.17) is 4.52 Å². The van der Waals surface area contributed by atoms with Gasteiger partial charge in [0.25, 0.3) is 5.91 Å². The predicted molar refractivity (Wildman–Crippen MR) is 93.6 cm³/mol. The number of aliphatic hydroxyl groups is 1. The number of piperidine rings is 1. The van der Waals surface area contributed by atoms with Gasteiger partial charge in [-0.05, 0) is 38.8 Å². The molecule has 1 fully saturated rings. The Balaban J connectivity index is 1.71. The Hall–Kier alpha value is -2.41. The fourth-order valence-electron chi connectivity index (χ4n) is 3.47. The van der Waals surface area contributed by atoms with Crippen LogP contribution >= 0.6 is 0 Å². The molecule has 2 aromatic heterocycles. The lowest BCUT2D eigenvalue weighted by molar-refractivity contribution is -0.000202. The molecule has 2 aromatic rings. The van der Waals surface area contributed by atoms with E-state index in [1.165, 1.54) is 0 Å². The average molecular weight is 344 g/mol. The maximum Gasteiger partial charge on any atom is 0.259 e. The van der Waals surface area contributed by atoms with Gasteiger partial charge in [0.15, 0.2) is 0 Å². The van der Waals surface area contributed by atoms with Gasteiger partial charge in [-0.25, -0.2) is 4.98 Å². The number of amides is 1. The summed E-state index contributed by atoms with van der Waals surface area (Å²) in [5, 5.41) is 14.9. The van der Waals surface area contributed by atoms with Crippen molar-refractivity contribution in [2.24, 2.45) is 0 Å². The number of pyridine rings is 1. The minimum absolute atomic E-state index is 0.181.